The molecule has 4 atom stereocenters. The van der Waals surface area contributed by atoms with Crippen LogP contribution in [0.5, 0.6) is 0 Å². The van der Waals surface area contributed by atoms with E-state index in [4.69, 9.17) is 9.47 Å². The lowest BCUT2D eigenvalue weighted by atomic mass is 9.94. The quantitative estimate of drug-likeness (QED) is 0.143. The van der Waals surface area contributed by atoms with Gasteiger partial charge in [0.2, 0.25) is 0 Å². The monoisotopic (exact) mass is 640 g/mol. The van der Waals surface area contributed by atoms with Crippen LogP contribution in [0.25, 0.3) is 22.3 Å². The Kier molecular flexibility index (Phi) is 9.84. The van der Waals surface area contributed by atoms with E-state index < -0.39 is 70.5 Å². The molecule has 0 unspecified atom stereocenters. The summed E-state index contributed by atoms with van der Waals surface area (Å²) >= 11 is 0. The van der Waals surface area contributed by atoms with Gasteiger partial charge in [-0.05, 0) is 85.3 Å². The fourth-order valence-electron chi connectivity index (χ4n) is 5.82. The van der Waals surface area contributed by atoms with Crippen LogP contribution in [-0.2, 0) is 19.1 Å². The van der Waals surface area contributed by atoms with Crippen molar-refractivity contribution in [2.24, 2.45) is 11.8 Å². The van der Waals surface area contributed by atoms with Crippen LogP contribution in [0.15, 0.2) is 72.8 Å². The second kappa shape index (κ2) is 13.8. The molecule has 4 aromatic carbocycles. The third kappa shape index (κ3) is 6.66. The van der Waals surface area contributed by atoms with Crippen molar-refractivity contribution in [2.75, 3.05) is 13.2 Å². The van der Waals surface area contributed by atoms with E-state index >= 15 is 0 Å². The molecule has 10 heteroatoms. The van der Waals surface area contributed by atoms with Crippen LogP contribution in [0.2, 0.25) is 0 Å². The van der Waals surface area contributed by atoms with Gasteiger partial charge in [0.05, 0.1) is 36.2 Å². The Hall–Kier alpha value is -4.60. The largest absolute Gasteiger partial charge is 0.466 e. The molecule has 240 valence electrons. The number of hydrogen-bond donors (Lipinski definition) is 0. The van der Waals surface area contributed by atoms with Crippen molar-refractivity contribution in [1.82, 2.24) is 0 Å². The molecule has 0 saturated heterocycles. The van der Waals surface area contributed by atoms with Gasteiger partial charge in [0, 0.05) is 11.8 Å². The van der Waals surface area contributed by atoms with Gasteiger partial charge in [0.1, 0.15) is 34.9 Å². The molecule has 2 saturated carbocycles. The minimum absolute atomic E-state index is 0.150. The lowest BCUT2D eigenvalue weighted by Gasteiger charge is -2.12. The second-order valence-electron chi connectivity index (χ2n) is 11.0. The van der Waals surface area contributed by atoms with Crippen molar-refractivity contribution in [3.8, 4) is 22.3 Å². The summed E-state index contributed by atoms with van der Waals surface area (Å²) in [5.74, 6) is -6.72. The first-order valence-corrected chi connectivity index (χ1v) is 14.9. The molecule has 0 bridgehead atoms. The van der Waals surface area contributed by atoms with Crippen molar-refractivity contribution < 1.29 is 45.4 Å². The van der Waals surface area contributed by atoms with Crippen molar-refractivity contribution >= 4 is 11.9 Å². The molecule has 2 aliphatic carbocycles. The zero-order valence-electron chi connectivity index (χ0n) is 25.0. The number of carbonyl (C=O) groups excluding carboxylic acids is 2. The molecule has 0 aliphatic heterocycles. The summed E-state index contributed by atoms with van der Waals surface area (Å²) in [5.41, 5.74) is 0.118. The van der Waals surface area contributed by atoms with Gasteiger partial charge in [-0.2, -0.15) is 0 Å². The summed E-state index contributed by atoms with van der Waals surface area (Å²) in [6.45, 7) is 3.87. The molecule has 0 heterocycles. The second-order valence-corrected chi connectivity index (χ2v) is 11.0. The van der Waals surface area contributed by atoms with Crippen LogP contribution < -0.4 is 0 Å². The van der Waals surface area contributed by atoms with E-state index in [-0.39, 0.29) is 46.6 Å². The molecule has 0 N–H and O–H groups in total. The van der Waals surface area contributed by atoms with Gasteiger partial charge in [-0.1, -0.05) is 36.4 Å². The van der Waals surface area contributed by atoms with Crippen LogP contribution in [0, 0.1) is 46.7 Å². The number of hydrogen-bond acceptors (Lipinski definition) is 4. The zero-order valence-corrected chi connectivity index (χ0v) is 25.0. The van der Waals surface area contributed by atoms with Gasteiger partial charge in [0.15, 0.2) is 0 Å². The number of rotatable bonds is 8. The number of carbonyl (C=O) groups is 2. The molecule has 2 aliphatic rings. The van der Waals surface area contributed by atoms with Gasteiger partial charge < -0.3 is 9.47 Å². The highest BCUT2D eigenvalue weighted by atomic mass is 19.2. The van der Waals surface area contributed by atoms with E-state index in [1.807, 2.05) is 0 Å². The average Bonchev–Trinajstić information content (AvgIpc) is 3.93. The van der Waals surface area contributed by atoms with Crippen molar-refractivity contribution in [1.29, 1.82) is 0 Å². The normalized spacial score (nSPS) is 19.5. The molecule has 0 spiro atoms. The molecule has 4 aromatic rings. The topological polar surface area (TPSA) is 52.6 Å². The summed E-state index contributed by atoms with van der Waals surface area (Å²) in [4.78, 5) is 23.6. The molecular weight excluding hydrogens is 610 g/mol. The first kappa shape index (κ1) is 32.8. The summed E-state index contributed by atoms with van der Waals surface area (Å²) < 4.78 is 94.7. The molecule has 46 heavy (non-hydrogen) atoms. The summed E-state index contributed by atoms with van der Waals surface area (Å²) in [5, 5.41) is 0. The van der Waals surface area contributed by atoms with E-state index in [1.54, 1.807) is 13.8 Å². The van der Waals surface area contributed by atoms with Crippen molar-refractivity contribution in [3.05, 3.63) is 119 Å². The molecule has 2 fully saturated rings. The van der Waals surface area contributed by atoms with Crippen LogP contribution in [0.4, 0.5) is 26.3 Å². The SMILES string of the molecule is CCOC(=O)[C@@H]1C[C@H]1c1c(F)cccc1-c1c(F)cccc1F.CCOC(=O)[C@@H]1C[C@H]1c1c(F)cccc1-c1c(F)cccc1F. The molecular formula is C36H30F6O4. The van der Waals surface area contributed by atoms with Crippen LogP contribution in [-0.4, -0.2) is 25.2 Å². The molecule has 4 nitrogen and oxygen atoms in total. The lowest BCUT2D eigenvalue weighted by molar-refractivity contribution is -0.145. The van der Waals surface area contributed by atoms with Crippen molar-refractivity contribution in [3.63, 3.8) is 0 Å². The fourth-order valence-corrected chi connectivity index (χ4v) is 5.82. The number of benzene rings is 4. The van der Waals surface area contributed by atoms with Crippen LogP contribution in [0.1, 0.15) is 49.7 Å². The molecule has 0 amide bonds. The minimum Gasteiger partial charge on any atom is -0.466 e. The Morgan fingerprint density at radius 1 is 0.543 bits per heavy atom. The van der Waals surface area contributed by atoms with Crippen LogP contribution in [0.3, 0.4) is 0 Å². The predicted octanol–water partition coefficient (Wildman–Crippen LogP) is 8.88. The number of esters is 2. The minimum atomic E-state index is -0.759. The van der Waals surface area contributed by atoms with Gasteiger partial charge >= 0.3 is 11.9 Å². The first-order valence-electron chi connectivity index (χ1n) is 14.9. The van der Waals surface area contributed by atoms with Gasteiger partial charge in [-0.25, -0.2) is 26.3 Å². The standard InChI is InChI=1S/2C18H15F3O2/c2*1-2-23-18(22)12-9-11(12)16-10(5-3-6-13(16)19)17-14(20)7-4-8-15(17)21/h2*3-8,11-12H,2,9H2,1H3/t2*11-,12-/m11/s1. The summed E-state index contributed by atoms with van der Waals surface area (Å²) in [6.07, 6.45) is 0.839. The maximum atomic E-state index is 14.3. The highest BCUT2D eigenvalue weighted by molar-refractivity contribution is 5.81. The highest BCUT2D eigenvalue weighted by Gasteiger charge is 2.48. The number of halogens is 6. The molecule has 0 aromatic heterocycles. The lowest BCUT2D eigenvalue weighted by Crippen LogP contribution is -2.08. The Morgan fingerprint density at radius 3 is 1.17 bits per heavy atom. The van der Waals surface area contributed by atoms with Crippen LogP contribution >= 0.6 is 0 Å². The maximum Gasteiger partial charge on any atom is 0.309 e. The maximum absolute atomic E-state index is 14.3. The smallest absolute Gasteiger partial charge is 0.309 e. The Balaban J connectivity index is 0.000000181. The van der Waals surface area contributed by atoms with E-state index in [0.717, 1.165) is 24.3 Å². The third-order valence-electron chi connectivity index (χ3n) is 8.07. The average molecular weight is 641 g/mol. The Labute approximate surface area is 262 Å². The zero-order chi connectivity index (χ0) is 33.1. The Morgan fingerprint density at radius 2 is 0.848 bits per heavy atom. The van der Waals surface area contributed by atoms with Gasteiger partial charge in [0.25, 0.3) is 0 Å². The summed E-state index contributed by atoms with van der Waals surface area (Å²) in [7, 11) is 0. The van der Waals surface area contributed by atoms with E-state index in [9.17, 15) is 35.9 Å². The van der Waals surface area contributed by atoms with E-state index in [2.05, 4.69) is 0 Å². The van der Waals surface area contributed by atoms with Crippen molar-refractivity contribution in [2.45, 2.75) is 38.5 Å². The molecule has 0 radical (unpaired) electrons. The summed E-state index contributed by atoms with van der Waals surface area (Å²) in [6, 6.07) is 15.2. The van der Waals surface area contributed by atoms with Gasteiger partial charge in [-0.3, -0.25) is 9.59 Å². The third-order valence-corrected chi connectivity index (χ3v) is 8.07. The fraction of sp³-hybridized carbons (Fsp3) is 0.278. The Bertz CT molecular complexity index is 1600. The van der Waals surface area contributed by atoms with E-state index in [0.29, 0.717) is 12.8 Å². The highest BCUT2D eigenvalue weighted by Crippen LogP contribution is 2.53. The first-order chi connectivity index (χ1) is 22.1. The molecule has 6 rings (SSSR count). The van der Waals surface area contributed by atoms with E-state index in [1.165, 1.54) is 48.5 Å². The number of ether oxygens (including phenoxy) is 2. The van der Waals surface area contributed by atoms with Gasteiger partial charge in [-0.15, -0.1) is 0 Å². The predicted molar refractivity (Wildman–Crippen MR) is 158 cm³/mol.